The van der Waals surface area contributed by atoms with E-state index in [0.717, 1.165) is 5.56 Å². The monoisotopic (exact) mass is 387 g/mol. The molecule has 1 aromatic heterocycles. The lowest BCUT2D eigenvalue weighted by molar-refractivity contribution is -0.145. The number of nitrogens with one attached hydrogen (secondary N) is 1. The van der Waals surface area contributed by atoms with Crippen LogP contribution in [0.3, 0.4) is 0 Å². The molecule has 0 aliphatic carbocycles. The fourth-order valence-electron chi connectivity index (χ4n) is 3.90. The minimum Gasteiger partial charge on any atom is -0.481 e. The Hall–Kier alpha value is -2.90. The van der Waals surface area contributed by atoms with Crippen molar-refractivity contribution < 1.29 is 19.5 Å². The normalized spacial score (nSPS) is 18.9. The number of piperidine rings is 1. The molecule has 8 nitrogen and oxygen atoms in total. The maximum absolute atomic E-state index is 12.9. The Kier molecular flexibility index (Phi) is 4.91. The van der Waals surface area contributed by atoms with Crippen molar-refractivity contribution in [2.45, 2.75) is 46.1 Å². The summed E-state index contributed by atoms with van der Waals surface area (Å²) in [5.41, 5.74) is 1.11. The average molecular weight is 387 g/mol. The van der Waals surface area contributed by atoms with Crippen LogP contribution in [0.1, 0.15) is 45.2 Å². The van der Waals surface area contributed by atoms with Crippen molar-refractivity contribution in [3.05, 3.63) is 34.2 Å². The van der Waals surface area contributed by atoms with E-state index >= 15 is 0 Å². The van der Waals surface area contributed by atoms with Gasteiger partial charge in [0.25, 0.3) is 0 Å². The molecule has 1 saturated heterocycles. The molecule has 1 aromatic carbocycles. The number of carbonyl (C=O) groups excluding carboxylic acids is 2. The number of para-hydroxylation sites is 1. The van der Waals surface area contributed by atoms with Crippen molar-refractivity contribution in [1.29, 1.82) is 0 Å². The van der Waals surface area contributed by atoms with Crippen LogP contribution >= 0.6 is 0 Å². The third-order valence-electron chi connectivity index (χ3n) is 5.48. The lowest BCUT2D eigenvalue weighted by atomic mass is 9.77. The van der Waals surface area contributed by atoms with Crippen LogP contribution in [0, 0.1) is 11.3 Å². The number of rotatable bonds is 4. The molecular formula is C20H25N3O5. The van der Waals surface area contributed by atoms with Crippen molar-refractivity contribution in [1.82, 2.24) is 14.5 Å². The summed E-state index contributed by atoms with van der Waals surface area (Å²) in [6.07, 6.45) is 0.695. The molecular weight excluding hydrogens is 362 g/mol. The molecule has 8 heteroatoms. The summed E-state index contributed by atoms with van der Waals surface area (Å²) in [7, 11) is 1.61. The number of fused-ring (bicyclic) bond motifs is 1. The molecule has 2 unspecified atom stereocenters. The van der Waals surface area contributed by atoms with E-state index in [9.17, 15) is 24.3 Å². The highest BCUT2D eigenvalue weighted by molar-refractivity contribution is 6.00. The van der Waals surface area contributed by atoms with E-state index in [4.69, 9.17) is 0 Å². The number of aryl methyl sites for hydroxylation is 1. The fourth-order valence-corrected chi connectivity index (χ4v) is 3.90. The van der Waals surface area contributed by atoms with Gasteiger partial charge in [-0.1, -0.05) is 32.9 Å². The topological polar surface area (TPSA) is 110 Å². The molecule has 2 N–H and O–H groups in total. The van der Waals surface area contributed by atoms with Gasteiger partial charge in [-0.15, -0.1) is 0 Å². The molecule has 28 heavy (non-hydrogen) atoms. The first-order valence-corrected chi connectivity index (χ1v) is 9.27. The highest BCUT2D eigenvalue weighted by Crippen LogP contribution is 2.32. The average Bonchev–Trinajstić information content (AvgIpc) is 2.84. The number of carboxylic acids is 1. The number of imidazole rings is 1. The Morgan fingerprint density at radius 1 is 1.29 bits per heavy atom. The Morgan fingerprint density at radius 2 is 1.96 bits per heavy atom. The quantitative estimate of drug-likeness (QED) is 0.775. The van der Waals surface area contributed by atoms with Crippen LogP contribution in [-0.4, -0.2) is 32.0 Å². The second-order valence-electron chi connectivity index (χ2n) is 8.42. The highest BCUT2D eigenvalue weighted by atomic mass is 16.4. The van der Waals surface area contributed by atoms with E-state index in [-0.39, 0.29) is 30.9 Å². The lowest BCUT2D eigenvalue weighted by Crippen LogP contribution is -2.44. The van der Waals surface area contributed by atoms with Gasteiger partial charge in [0.15, 0.2) is 0 Å². The van der Waals surface area contributed by atoms with Crippen LogP contribution in [0.25, 0.3) is 11.0 Å². The van der Waals surface area contributed by atoms with E-state index in [2.05, 4.69) is 5.32 Å². The molecule has 2 aromatic rings. The number of nitrogens with zero attached hydrogens (tertiary/aromatic N) is 2. The van der Waals surface area contributed by atoms with Crippen molar-refractivity contribution in [3.8, 4) is 0 Å². The summed E-state index contributed by atoms with van der Waals surface area (Å²) < 4.78 is 2.86. The van der Waals surface area contributed by atoms with Crippen LogP contribution in [0.5, 0.6) is 0 Å². The first-order valence-electron chi connectivity index (χ1n) is 9.27. The van der Waals surface area contributed by atoms with Gasteiger partial charge < -0.3 is 5.11 Å². The number of hydrogen-bond donors (Lipinski definition) is 2. The third-order valence-corrected chi connectivity index (χ3v) is 5.48. The van der Waals surface area contributed by atoms with Crippen molar-refractivity contribution >= 4 is 28.8 Å². The summed E-state index contributed by atoms with van der Waals surface area (Å²) in [6.45, 7) is 5.62. The summed E-state index contributed by atoms with van der Waals surface area (Å²) in [5.74, 6) is -2.36. The van der Waals surface area contributed by atoms with E-state index in [1.54, 1.807) is 19.2 Å². The Morgan fingerprint density at radius 3 is 2.54 bits per heavy atom. The number of benzene rings is 1. The van der Waals surface area contributed by atoms with Gasteiger partial charge in [0.1, 0.15) is 6.04 Å². The van der Waals surface area contributed by atoms with Gasteiger partial charge in [-0.25, -0.2) is 4.79 Å². The molecule has 2 heterocycles. The van der Waals surface area contributed by atoms with E-state index < -0.39 is 29.3 Å². The Labute approximate surface area is 162 Å². The predicted molar refractivity (Wildman–Crippen MR) is 103 cm³/mol. The van der Waals surface area contributed by atoms with Gasteiger partial charge in [-0.2, -0.15) is 0 Å². The lowest BCUT2D eigenvalue weighted by Gasteiger charge is -2.27. The van der Waals surface area contributed by atoms with E-state index in [1.165, 1.54) is 9.13 Å². The number of imide groups is 1. The number of carbonyl (C=O) groups is 3. The van der Waals surface area contributed by atoms with Crippen LogP contribution in [0.2, 0.25) is 0 Å². The van der Waals surface area contributed by atoms with Gasteiger partial charge >= 0.3 is 11.7 Å². The summed E-state index contributed by atoms with van der Waals surface area (Å²) in [5, 5.41) is 12.0. The number of aromatic nitrogens is 2. The fraction of sp³-hybridized carbons (Fsp3) is 0.500. The molecule has 1 aliphatic heterocycles. The zero-order valence-electron chi connectivity index (χ0n) is 16.5. The number of aliphatic carboxylic acids is 1. The molecule has 3 rings (SSSR count). The molecule has 1 aliphatic rings. The molecule has 150 valence electrons. The van der Waals surface area contributed by atoms with E-state index in [1.807, 2.05) is 26.8 Å². The molecule has 1 fully saturated rings. The maximum atomic E-state index is 12.9. The second-order valence-corrected chi connectivity index (χ2v) is 8.42. The molecule has 2 atom stereocenters. The predicted octanol–water partition coefficient (Wildman–Crippen LogP) is 1.61. The molecule has 0 bridgehead atoms. The van der Waals surface area contributed by atoms with Crippen LogP contribution < -0.4 is 11.0 Å². The van der Waals surface area contributed by atoms with Crippen LogP contribution in [0.15, 0.2) is 23.0 Å². The minimum atomic E-state index is -0.890. The molecule has 2 amide bonds. The van der Waals surface area contributed by atoms with Crippen LogP contribution in [0.4, 0.5) is 0 Å². The van der Waals surface area contributed by atoms with Crippen molar-refractivity contribution in [3.63, 3.8) is 0 Å². The largest absolute Gasteiger partial charge is 0.481 e. The van der Waals surface area contributed by atoms with Gasteiger partial charge in [-0.3, -0.25) is 28.8 Å². The van der Waals surface area contributed by atoms with Gasteiger partial charge in [0, 0.05) is 13.5 Å². The first kappa shape index (κ1) is 19.9. The Balaban J connectivity index is 2.14. The van der Waals surface area contributed by atoms with Gasteiger partial charge in [-0.05, 0) is 29.9 Å². The summed E-state index contributed by atoms with van der Waals surface area (Å²) in [6, 6.07) is 4.57. The first-order chi connectivity index (χ1) is 13.0. The highest BCUT2D eigenvalue weighted by Gasteiger charge is 2.34. The van der Waals surface area contributed by atoms with Crippen molar-refractivity contribution in [2.24, 2.45) is 18.4 Å². The van der Waals surface area contributed by atoms with Gasteiger partial charge in [0.2, 0.25) is 11.8 Å². The number of carboxylic acid groups (broad SMARTS) is 1. The molecule has 0 spiro atoms. The molecule has 0 saturated carbocycles. The molecule has 0 radical (unpaired) electrons. The zero-order valence-corrected chi connectivity index (χ0v) is 16.5. The van der Waals surface area contributed by atoms with Crippen LogP contribution in [-0.2, 0) is 27.9 Å². The summed E-state index contributed by atoms with van der Waals surface area (Å²) >= 11 is 0. The van der Waals surface area contributed by atoms with E-state index in [0.29, 0.717) is 11.0 Å². The number of hydrogen-bond acceptors (Lipinski definition) is 4. The summed E-state index contributed by atoms with van der Waals surface area (Å²) in [4.78, 5) is 48.5. The SMILES string of the molecule is Cn1c(=O)n(C2CCC(=O)NC2=O)c2cccc(CC(C(=O)O)C(C)(C)C)c21. The zero-order chi connectivity index (χ0) is 20.8. The minimum absolute atomic E-state index is 0.171. The Bertz CT molecular complexity index is 1020. The smallest absolute Gasteiger partial charge is 0.329 e. The second kappa shape index (κ2) is 6.92. The van der Waals surface area contributed by atoms with Crippen molar-refractivity contribution in [2.75, 3.05) is 0 Å². The third kappa shape index (κ3) is 3.34. The van der Waals surface area contributed by atoms with Gasteiger partial charge in [0.05, 0.1) is 17.0 Å². The maximum Gasteiger partial charge on any atom is 0.329 e. The number of amides is 2. The standard InChI is InChI=1S/C20H25N3O5/c1-20(2,3)12(18(26)27)10-11-6-5-7-13-16(11)22(4)19(28)23(13)14-8-9-15(24)21-17(14)25/h5-7,12,14H,8-10H2,1-4H3,(H,26,27)(H,21,24,25).